The van der Waals surface area contributed by atoms with Crippen LogP contribution in [0.1, 0.15) is 36.2 Å². The maximum absolute atomic E-state index is 11.8. The molecule has 2 aromatic rings. The number of ether oxygens (including phenoxy) is 1. The van der Waals surface area contributed by atoms with E-state index in [-0.39, 0.29) is 5.76 Å². The molecular weight excluding hydrogens is 242 g/mol. The molecule has 0 saturated heterocycles. The number of fused-ring (bicyclic) bond motifs is 1. The van der Waals surface area contributed by atoms with Crippen LogP contribution in [0.4, 0.5) is 5.69 Å². The summed E-state index contributed by atoms with van der Waals surface area (Å²) in [6.07, 6.45) is 4.80. The number of nitrogens with two attached hydrogens (primary N) is 1. The van der Waals surface area contributed by atoms with Crippen molar-refractivity contribution in [2.24, 2.45) is 5.92 Å². The number of hydrogen-bond donors (Lipinski definition) is 1. The molecule has 100 valence electrons. The Morgan fingerprint density at radius 3 is 2.95 bits per heavy atom. The van der Waals surface area contributed by atoms with E-state index in [9.17, 15) is 4.79 Å². The van der Waals surface area contributed by atoms with Crippen molar-refractivity contribution in [2.75, 3.05) is 12.3 Å². The minimum Gasteiger partial charge on any atom is -0.460 e. The standard InChI is InChI=1S/C15H17NO3/c16-12-4-5-13-11(8-12)9-14(19-13)15(17)18-7-6-10-2-1-3-10/h4-5,8-10H,1-3,6-7,16H2. The van der Waals surface area contributed by atoms with Gasteiger partial charge in [-0.15, -0.1) is 0 Å². The summed E-state index contributed by atoms with van der Waals surface area (Å²) in [5, 5.41) is 0.825. The van der Waals surface area contributed by atoms with Crippen LogP contribution in [0.5, 0.6) is 0 Å². The van der Waals surface area contributed by atoms with Crippen molar-refractivity contribution in [1.82, 2.24) is 0 Å². The van der Waals surface area contributed by atoms with Gasteiger partial charge in [0.05, 0.1) is 6.61 Å². The third-order valence-electron chi connectivity index (χ3n) is 3.73. The molecule has 1 heterocycles. The second-order valence-electron chi connectivity index (χ2n) is 5.13. The molecule has 4 nitrogen and oxygen atoms in total. The normalized spacial score (nSPS) is 15.4. The number of carbonyl (C=O) groups is 1. The fraction of sp³-hybridized carbons (Fsp3) is 0.400. The topological polar surface area (TPSA) is 65.5 Å². The van der Waals surface area contributed by atoms with Gasteiger partial charge in [-0.25, -0.2) is 4.79 Å². The van der Waals surface area contributed by atoms with Crippen LogP contribution in [-0.2, 0) is 4.74 Å². The average molecular weight is 259 g/mol. The molecule has 1 aliphatic rings. The van der Waals surface area contributed by atoms with Crippen LogP contribution in [0.15, 0.2) is 28.7 Å². The van der Waals surface area contributed by atoms with Crippen LogP contribution >= 0.6 is 0 Å². The summed E-state index contributed by atoms with van der Waals surface area (Å²) in [6, 6.07) is 6.97. The lowest BCUT2D eigenvalue weighted by molar-refractivity contribution is 0.0431. The van der Waals surface area contributed by atoms with Crippen LogP contribution in [0.3, 0.4) is 0 Å². The molecule has 1 aromatic heterocycles. The Hall–Kier alpha value is -1.97. The highest BCUT2D eigenvalue weighted by Gasteiger charge is 2.19. The quantitative estimate of drug-likeness (QED) is 0.675. The first kappa shape index (κ1) is 12.1. The lowest BCUT2D eigenvalue weighted by Gasteiger charge is -2.24. The molecular formula is C15H17NO3. The second-order valence-corrected chi connectivity index (χ2v) is 5.13. The minimum absolute atomic E-state index is 0.245. The molecule has 0 aliphatic heterocycles. The molecule has 0 amide bonds. The van der Waals surface area contributed by atoms with Gasteiger partial charge in [-0.3, -0.25) is 0 Å². The fourth-order valence-corrected chi connectivity index (χ4v) is 2.33. The number of anilines is 1. The average Bonchev–Trinajstić information content (AvgIpc) is 2.75. The van der Waals surface area contributed by atoms with Gasteiger partial charge in [-0.2, -0.15) is 0 Å². The van der Waals surface area contributed by atoms with Gasteiger partial charge in [0.15, 0.2) is 0 Å². The van der Waals surface area contributed by atoms with Crippen molar-refractivity contribution in [1.29, 1.82) is 0 Å². The predicted molar refractivity (Wildman–Crippen MR) is 72.9 cm³/mol. The van der Waals surface area contributed by atoms with Gasteiger partial charge < -0.3 is 14.9 Å². The Morgan fingerprint density at radius 1 is 1.37 bits per heavy atom. The van der Waals surface area contributed by atoms with Crippen molar-refractivity contribution < 1.29 is 13.9 Å². The first-order chi connectivity index (χ1) is 9.22. The number of carbonyl (C=O) groups excluding carboxylic acids is 1. The molecule has 19 heavy (non-hydrogen) atoms. The predicted octanol–water partition coefficient (Wildman–Crippen LogP) is 3.36. The second kappa shape index (κ2) is 4.96. The first-order valence-electron chi connectivity index (χ1n) is 6.68. The van der Waals surface area contributed by atoms with Gasteiger partial charge in [0.1, 0.15) is 5.58 Å². The van der Waals surface area contributed by atoms with Crippen molar-refractivity contribution in [3.8, 4) is 0 Å². The van der Waals surface area contributed by atoms with E-state index < -0.39 is 5.97 Å². The Bertz CT molecular complexity index is 598. The van der Waals surface area contributed by atoms with Gasteiger partial charge >= 0.3 is 5.97 Å². The summed E-state index contributed by atoms with van der Waals surface area (Å²) in [5.41, 5.74) is 6.99. The summed E-state index contributed by atoms with van der Waals surface area (Å²) in [5.74, 6) is 0.589. The van der Waals surface area contributed by atoms with Crippen LogP contribution in [0.2, 0.25) is 0 Å². The number of furan rings is 1. The van der Waals surface area contributed by atoms with E-state index in [0.29, 0.717) is 17.9 Å². The first-order valence-corrected chi connectivity index (χ1v) is 6.68. The van der Waals surface area contributed by atoms with Crippen molar-refractivity contribution in [3.05, 3.63) is 30.0 Å². The molecule has 0 unspecified atom stereocenters. The van der Waals surface area contributed by atoms with E-state index in [0.717, 1.165) is 17.7 Å². The van der Waals surface area contributed by atoms with E-state index in [1.807, 2.05) is 0 Å². The number of rotatable bonds is 4. The lowest BCUT2D eigenvalue weighted by Crippen LogP contribution is -2.15. The van der Waals surface area contributed by atoms with E-state index in [1.165, 1.54) is 19.3 Å². The highest BCUT2D eigenvalue weighted by atomic mass is 16.5. The maximum Gasteiger partial charge on any atom is 0.374 e. The van der Waals surface area contributed by atoms with E-state index in [2.05, 4.69) is 0 Å². The Labute approximate surface area is 111 Å². The molecule has 0 spiro atoms. The molecule has 1 saturated carbocycles. The zero-order valence-corrected chi connectivity index (χ0v) is 10.7. The van der Waals surface area contributed by atoms with Gasteiger partial charge in [-0.05, 0) is 36.6 Å². The van der Waals surface area contributed by atoms with Crippen molar-refractivity contribution >= 4 is 22.6 Å². The van der Waals surface area contributed by atoms with Gasteiger partial charge in [0.25, 0.3) is 0 Å². The highest BCUT2D eigenvalue weighted by molar-refractivity contribution is 5.93. The molecule has 1 aliphatic carbocycles. The van der Waals surface area contributed by atoms with Gasteiger partial charge in [-0.1, -0.05) is 19.3 Å². The molecule has 1 aromatic carbocycles. The number of benzene rings is 1. The minimum atomic E-state index is -0.394. The lowest BCUT2D eigenvalue weighted by atomic mass is 9.83. The summed E-state index contributed by atoms with van der Waals surface area (Å²) in [6.45, 7) is 0.475. The van der Waals surface area contributed by atoms with E-state index in [1.54, 1.807) is 24.3 Å². The van der Waals surface area contributed by atoms with Crippen molar-refractivity contribution in [3.63, 3.8) is 0 Å². The Morgan fingerprint density at radius 2 is 2.21 bits per heavy atom. The van der Waals surface area contributed by atoms with Gasteiger partial charge in [0, 0.05) is 11.1 Å². The largest absolute Gasteiger partial charge is 0.460 e. The zero-order chi connectivity index (χ0) is 13.2. The monoisotopic (exact) mass is 259 g/mol. The van der Waals surface area contributed by atoms with E-state index >= 15 is 0 Å². The SMILES string of the molecule is Nc1ccc2oc(C(=O)OCCC3CCC3)cc2c1. The highest BCUT2D eigenvalue weighted by Crippen LogP contribution is 2.29. The summed E-state index contributed by atoms with van der Waals surface area (Å²) < 4.78 is 10.7. The molecule has 0 bridgehead atoms. The molecule has 0 radical (unpaired) electrons. The van der Waals surface area contributed by atoms with Crippen molar-refractivity contribution in [2.45, 2.75) is 25.7 Å². The van der Waals surface area contributed by atoms with Crippen LogP contribution < -0.4 is 5.73 Å². The molecule has 1 fully saturated rings. The molecule has 3 rings (SSSR count). The summed E-state index contributed by atoms with van der Waals surface area (Å²) >= 11 is 0. The smallest absolute Gasteiger partial charge is 0.374 e. The Balaban J connectivity index is 1.63. The molecule has 4 heteroatoms. The number of esters is 1. The summed E-state index contributed by atoms with van der Waals surface area (Å²) in [4.78, 5) is 11.8. The van der Waals surface area contributed by atoms with Crippen LogP contribution in [0, 0.1) is 5.92 Å². The molecule has 0 atom stereocenters. The van der Waals surface area contributed by atoms with Crippen LogP contribution in [0.25, 0.3) is 11.0 Å². The van der Waals surface area contributed by atoms with E-state index in [4.69, 9.17) is 14.9 Å². The number of nitrogen functional groups attached to an aromatic ring is 1. The van der Waals surface area contributed by atoms with Gasteiger partial charge in [0.2, 0.25) is 5.76 Å². The molecule has 2 N–H and O–H groups in total. The maximum atomic E-state index is 11.8. The Kier molecular flexibility index (Phi) is 3.15. The third kappa shape index (κ3) is 2.57. The van der Waals surface area contributed by atoms with Crippen LogP contribution in [-0.4, -0.2) is 12.6 Å². The zero-order valence-electron chi connectivity index (χ0n) is 10.7. The fourth-order valence-electron chi connectivity index (χ4n) is 2.33. The summed E-state index contributed by atoms with van der Waals surface area (Å²) in [7, 11) is 0. The number of hydrogen-bond acceptors (Lipinski definition) is 4. The third-order valence-corrected chi connectivity index (χ3v) is 3.73.